The Balaban J connectivity index is 2.78. The molecule has 0 heterocycles. The van der Waals surface area contributed by atoms with Crippen LogP contribution in [0.3, 0.4) is 0 Å². The van der Waals surface area contributed by atoms with Gasteiger partial charge in [0, 0.05) is 5.56 Å². The number of aliphatic hydroxyl groups is 1. The molecular formula is C11H10F5NO2. The fourth-order valence-corrected chi connectivity index (χ4v) is 1.20. The summed E-state index contributed by atoms with van der Waals surface area (Å²) in [5.74, 6) is -4.59. The summed E-state index contributed by atoms with van der Waals surface area (Å²) in [6.07, 6.45) is -4.62. The maximum atomic E-state index is 12.7. The number of carbonyl (C=O) groups is 1. The van der Waals surface area contributed by atoms with Crippen LogP contribution in [0.15, 0.2) is 24.3 Å². The molecule has 0 bridgehead atoms. The van der Waals surface area contributed by atoms with E-state index in [1.807, 2.05) is 0 Å². The highest BCUT2D eigenvalue weighted by atomic mass is 19.4. The van der Waals surface area contributed by atoms with Crippen LogP contribution in [-0.2, 0) is 6.18 Å². The summed E-state index contributed by atoms with van der Waals surface area (Å²) in [6.45, 7) is -2.62. The van der Waals surface area contributed by atoms with Crippen LogP contribution in [-0.4, -0.2) is 30.1 Å². The molecule has 0 radical (unpaired) electrons. The van der Waals surface area contributed by atoms with Gasteiger partial charge in [0.1, 0.15) is 6.61 Å². The van der Waals surface area contributed by atoms with Gasteiger partial charge in [-0.15, -0.1) is 0 Å². The predicted molar refractivity (Wildman–Crippen MR) is 55.8 cm³/mol. The van der Waals surface area contributed by atoms with Crippen molar-refractivity contribution in [3.63, 3.8) is 0 Å². The van der Waals surface area contributed by atoms with Crippen LogP contribution in [0, 0.1) is 0 Å². The quantitative estimate of drug-likeness (QED) is 0.831. The first-order chi connectivity index (χ1) is 8.65. The van der Waals surface area contributed by atoms with Crippen molar-refractivity contribution in [2.45, 2.75) is 12.1 Å². The van der Waals surface area contributed by atoms with Crippen molar-refractivity contribution in [2.75, 3.05) is 13.2 Å². The Morgan fingerprint density at radius 3 is 2.37 bits per heavy atom. The largest absolute Gasteiger partial charge is 0.416 e. The number of carbonyl (C=O) groups excluding carboxylic acids is 1. The standard InChI is InChI=1S/C11H10F5NO2/c12-10(13,6-18)5-17-9(19)7-2-1-3-8(4-7)11(14,15)16/h1-4,18H,5-6H2,(H,17,19). The molecule has 0 aliphatic rings. The Kier molecular flexibility index (Phi) is 4.46. The van der Waals surface area contributed by atoms with Crippen molar-refractivity contribution in [1.29, 1.82) is 0 Å². The van der Waals surface area contributed by atoms with Crippen molar-refractivity contribution in [3.8, 4) is 0 Å². The molecule has 0 aliphatic heterocycles. The molecule has 3 nitrogen and oxygen atoms in total. The number of benzene rings is 1. The lowest BCUT2D eigenvalue weighted by atomic mass is 10.1. The fraction of sp³-hybridized carbons (Fsp3) is 0.364. The van der Waals surface area contributed by atoms with Crippen molar-refractivity contribution in [2.24, 2.45) is 0 Å². The molecule has 8 heteroatoms. The van der Waals surface area contributed by atoms with E-state index < -0.39 is 36.7 Å². The molecule has 106 valence electrons. The molecular weight excluding hydrogens is 273 g/mol. The van der Waals surface area contributed by atoms with E-state index >= 15 is 0 Å². The fourth-order valence-electron chi connectivity index (χ4n) is 1.20. The van der Waals surface area contributed by atoms with E-state index in [0.717, 1.165) is 18.2 Å². The molecule has 0 saturated carbocycles. The predicted octanol–water partition coefficient (Wildman–Crippen LogP) is 2.06. The first-order valence-electron chi connectivity index (χ1n) is 5.10. The molecule has 0 fully saturated rings. The Morgan fingerprint density at radius 1 is 1.21 bits per heavy atom. The Morgan fingerprint density at radius 2 is 1.84 bits per heavy atom. The molecule has 0 aromatic heterocycles. The van der Waals surface area contributed by atoms with Gasteiger partial charge in [-0.05, 0) is 18.2 Å². The molecule has 0 saturated heterocycles. The molecule has 1 aromatic carbocycles. The zero-order valence-electron chi connectivity index (χ0n) is 9.47. The van der Waals surface area contributed by atoms with Crippen LogP contribution in [0.1, 0.15) is 15.9 Å². The minimum Gasteiger partial charge on any atom is -0.390 e. The van der Waals surface area contributed by atoms with Gasteiger partial charge in [-0.25, -0.2) is 8.78 Å². The van der Waals surface area contributed by atoms with Gasteiger partial charge >= 0.3 is 6.18 Å². The Labute approximate surface area is 105 Å². The SMILES string of the molecule is O=C(NCC(F)(F)CO)c1cccc(C(F)(F)F)c1. The van der Waals surface area contributed by atoms with Gasteiger partial charge in [0.05, 0.1) is 12.1 Å². The van der Waals surface area contributed by atoms with Crippen LogP contribution in [0.5, 0.6) is 0 Å². The lowest BCUT2D eigenvalue weighted by molar-refractivity contribution is -0.137. The number of nitrogens with one attached hydrogen (secondary N) is 1. The molecule has 1 aromatic rings. The van der Waals surface area contributed by atoms with E-state index in [1.54, 1.807) is 5.32 Å². The number of hydrogen-bond donors (Lipinski definition) is 2. The monoisotopic (exact) mass is 283 g/mol. The molecule has 1 rings (SSSR count). The second-order valence-electron chi connectivity index (χ2n) is 3.78. The normalized spacial score (nSPS) is 12.3. The third kappa shape index (κ3) is 4.47. The van der Waals surface area contributed by atoms with E-state index in [-0.39, 0.29) is 5.56 Å². The van der Waals surface area contributed by atoms with Gasteiger partial charge in [0.15, 0.2) is 0 Å². The first kappa shape index (κ1) is 15.4. The van der Waals surface area contributed by atoms with Crippen molar-refractivity contribution >= 4 is 5.91 Å². The van der Waals surface area contributed by atoms with Crippen molar-refractivity contribution < 1.29 is 31.9 Å². The van der Waals surface area contributed by atoms with Crippen LogP contribution >= 0.6 is 0 Å². The van der Waals surface area contributed by atoms with Crippen LogP contribution in [0.25, 0.3) is 0 Å². The van der Waals surface area contributed by atoms with Crippen molar-refractivity contribution in [3.05, 3.63) is 35.4 Å². The van der Waals surface area contributed by atoms with Gasteiger partial charge < -0.3 is 10.4 Å². The molecule has 1 amide bonds. The van der Waals surface area contributed by atoms with Gasteiger partial charge in [-0.1, -0.05) is 6.07 Å². The van der Waals surface area contributed by atoms with Gasteiger partial charge in [-0.2, -0.15) is 13.2 Å². The maximum absolute atomic E-state index is 12.7. The number of hydrogen-bond acceptors (Lipinski definition) is 2. The number of rotatable bonds is 4. The third-order valence-corrected chi connectivity index (χ3v) is 2.19. The summed E-state index contributed by atoms with van der Waals surface area (Å²) < 4.78 is 62.4. The lowest BCUT2D eigenvalue weighted by Crippen LogP contribution is -2.39. The zero-order valence-corrected chi connectivity index (χ0v) is 9.47. The highest BCUT2D eigenvalue weighted by Crippen LogP contribution is 2.29. The number of halogens is 5. The molecule has 0 aliphatic carbocycles. The second-order valence-corrected chi connectivity index (χ2v) is 3.78. The summed E-state index contributed by atoms with van der Waals surface area (Å²) in [5.41, 5.74) is -1.43. The van der Waals surface area contributed by atoms with E-state index in [0.29, 0.717) is 6.07 Å². The minimum atomic E-state index is -4.62. The Bertz CT molecular complexity index is 459. The van der Waals surface area contributed by atoms with Gasteiger partial charge in [-0.3, -0.25) is 4.79 Å². The average Bonchev–Trinajstić information content (AvgIpc) is 2.35. The molecule has 19 heavy (non-hydrogen) atoms. The second kappa shape index (κ2) is 5.52. The van der Waals surface area contributed by atoms with Crippen LogP contribution < -0.4 is 5.32 Å². The summed E-state index contributed by atoms with van der Waals surface area (Å²) in [5, 5.41) is 10.0. The summed E-state index contributed by atoms with van der Waals surface area (Å²) in [6, 6.07) is 3.40. The van der Waals surface area contributed by atoms with E-state index in [2.05, 4.69) is 0 Å². The number of alkyl halides is 5. The minimum absolute atomic E-state index is 0.386. The topological polar surface area (TPSA) is 49.3 Å². The summed E-state index contributed by atoms with van der Waals surface area (Å²) in [4.78, 5) is 11.4. The average molecular weight is 283 g/mol. The highest BCUT2D eigenvalue weighted by Gasteiger charge is 2.31. The van der Waals surface area contributed by atoms with Crippen LogP contribution in [0.2, 0.25) is 0 Å². The van der Waals surface area contributed by atoms with Gasteiger partial charge in [0.25, 0.3) is 11.8 Å². The number of amides is 1. The third-order valence-electron chi connectivity index (χ3n) is 2.19. The summed E-state index contributed by atoms with van der Waals surface area (Å²) >= 11 is 0. The van der Waals surface area contributed by atoms with Crippen molar-refractivity contribution in [1.82, 2.24) is 5.32 Å². The maximum Gasteiger partial charge on any atom is 0.416 e. The molecule has 2 N–H and O–H groups in total. The highest BCUT2D eigenvalue weighted by molar-refractivity contribution is 5.94. The smallest absolute Gasteiger partial charge is 0.390 e. The van der Waals surface area contributed by atoms with E-state index in [9.17, 15) is 26.7 Å². The first-order valence-corrected chi connectivity index (χ1v) is 5.10. The van der Waals surface area contributed by atoms with Crippen LogP contribution in [0.4, 0.5) is 22.0 Å². The zero-order chi connectivity index (χ0) is 14.7. The number of aliphatic hydroxyl groups excluding tert-OH is 1. The lowest BCUT2D eigenvalue weighted by Gasteiger charge is -2.14. The summed E-state index contributed by atoms with van der Waals surface area (Å²) in [7, 11) is 0. The molecule has 0 spiro atoms. The Hall–Kier alpha value is -1.70. The molecule has 0 atom stereocenters. The molecule has 0 unspecified atom stereocenters. The van der Waals surface area contributed by atoms with Gasteiger partial charge in [0.2, 0.25) is 0 Å². The van der Waals surface area contributed by atoms with E-state index in [1.165, 1.54) is 0 Å². The van der Waals surface area contributed by atoms with E-state index in [4.69, 9.17) is 5.11 Å².